The highest BCUT2D eigenvalue weighted by molar-refractivity contribution is 14.0. The molecule has 0 radical (unpaired) electrons. The van der Waals surface area contributed by atoms with Gasteiger partial charge in [-0.25, -0.2) is 0 Å². The Morgan fingerprint density at radius 1 is 1.10 bits per heavy atom. The Morgan fingerprint density at radius 2 is 1.74 bits per heavy atom. The van der Waals surface area contributed by atoms with Crippen LogP contribution in [0.1, 0.15) is 36.6 Å². The topological polar surface area (TPSA) is 61.4 Å². The first-order chi connectivity index (χ1) is 14.5. The number of hydrogen-bond acceptors (Lipinski definition) is 6. The zero-order valence-corrected chi connectivity index (χ0v) is 22.6. The van der Waals surface area contributed by atoms with Gasteiger partial charge in [0.25, 0.3) is 0 Å². The van der Waals surface area contributed by atoms with Crippen LogP contribution in [-0.4, -0.2) is 93.5 Å². The summed E-state index contributed by atoms with van der Waals surface area (Å²) in [5, 5.41) is 7.05. The van der Waals surface area contributed by atoms with E-state index >= 15 is 0 Å². The van der Waals surface area contributed by atoms with Crippen molar-refractivity contribution in [1.29, 1.82) is 0 Å². The van der Waals surface area contributed by atoms with Crippen LogP contribution in [0.2, 0.25) is 0 Å². The van der Waals surface area contributed by atoms with Crippen LogP contribution in [0.4, 0.5) is 0 Å². The molecule has 178 valence electrons. The Morgan fingerprint density at radius 3 is 2.32 bits per heavy atom. The average molecular weight is 566 g/mol. The molecular weight excluding hydrogens is 525 g/mol. The zero-order valence-electron chi connectivity index (χ0n) is 19.5. The molecule has 0 aliphatic carbocycles. The van der Waals surface area contributed by atoms with Crippen LogP contribution in [0.3, 0.4) is 0 Å². The quantitative estimate of drug-likeness (QED) is 0.287. The second kappa shape index (κ2) is 13.3. The minimum absolute atomic E-state index is 0. The molecule has 1 unspecified atom stereocenters. The number of ether oxygens (including phenoxy) is 2. The van der Waals surface area contributed by atoms with Crippen LogP contribution < -0.4 is 10.6 Å². The predicted molar refractivity (Wildman–Crippen MR) is 140 cm³/mol. The summed E-state index contributed by atoms with van der Waals surface area (Å²) in [5.41, 5.74) is 0.0145. The Bertz CT molecular complexity index is 673. The summed E-state index contributed by atoms with van der Waals surface area (Å²) in [5.74, 6) is 0.894. The van der Waals surface area contributed by atoms with E-state index in [1.807, 2.05) is 11.3 Å². The molecule has 0 amide bonds. The molecule has 0 saturated carbocycles. The zero-order chi connectivity index (χ0) is 21.4. The fourth-order valence-corrected chi connectivity index (χ4v) is 5.02. The standard InChI is InChI=1S/C22H39N5O2S.HI/c1-5-23-21(25-17-22(3,4)27-10-14-29-15-11-27)24-16-19(20-7-6-18(2)30-20)26-8-12-28-13-9-26;/h6-7,19H,5,8-17H2,1-4H3,(H2,23,24,25);1H. The highest BCUT2D eigenvalue weighted by atomic mass is 127. The first-order valence-corrected chi connectivity index (χ1v) is 12.0. The molecule has 2 aliphatic heterocycles. The third-order valence-corrected chi connectivity index (χ3v) is 6.98. The van der Waals surface area contributed by atoms with Gasteiger partial charge in [0.05, 0.1) is 39.0 Å². The monoisotopic (exact) mass is 565 g/mol. The maximum atomic E-state index is 5.58. The van der Waals surface area contributed by atoms with Gasteiger partial charge >= 0.3 is 0 Å². The summed E-state index contributed by atoms with van der Waals surface area (Å²) in [7, 11) is 0. The Hall–Kier alpha value is -0.460. The second-order valence-corrected chi connectivity index (χ2v) is 9.92. The molecule has 9 heteroatoms. The van der Waals surface area contributed by atoms with E-state index in [9.17, 15) is 0 Å². The molecule has 3 heterocycles. The maximum absolute atomic E-state index is 5.58. The molecule has 2 aliphatic rings. The van der Waals surface area contributed by atoms with Crippen molar-refractivity contribution in [3.8, 4) is 0 Å². The molecule has 0 aromatic carbocycles. The minimum atomic E-state index is 0. The molecule has 2 N–H and O–H groups in total. The van der Waals surface area contributed by atoms with Gasteiger partial charge in [-0.15, -0.1) is 35.3 Å². The minimum Gasteiger partial charge on any atom is -0.379 e. The second-order valence-electron chi connectivity index (χ2n) is 8.60. The number of halogens is 1. The van der Waals surface area contributed by atoms with E-state index in [0.29, 0.717) is 6.04 Å². The van der Waals surface area contributed by atoms with Crippen molar-refractivity contribution in [3.05, 3.63) is 21.9 Å². The predicted octanol–water partition coefficient (Wildman–Crippen LogP) is 2.71. The highest BCUT2D eigenvalue weighted by Crippen LogP contribution is 2.28. The Kier molecular flexibility index (Phi) is 11.5. The van der Waals surface area contributed by atoms with Gasteiger partial charge < -0.3 is 20.1 Å². The fraction of sp³-hybridized carbons (Fsp3) is 0.773. The Labute approximate surface area is 209 Å². The normalized spacial score (nSPS) is 20.2. The third kappa shape index (κ3) is 8.12. The number of aliphatic imine (C=N–C) groups is 1. The molecule has 1 aromatic rings. The van der Waals surface area contributed by atoms with Crippen molar-refractivity contribution in [3.63, 3.8) is 0 Å². The molecule has 3 rings (SSSR count). The average Bonchev–Trinajstić information content (AvgIpc) is 3.19. The van der Waals surface area contributed by atoms with Crippen molar-refractivity contribution in [2.75, 3.05) is 72.2 Å². The molecular formula is C22H40IN5O2S. The van der Waals surface area contributed by atoms with Crippen molar-refractivity contribution < 1.29 is 9.47 Å². The van der Waals surface area contributed by atoms with Gasteiger partial charge in [0, 0.05) is 54.6 Å². The number of nitrogens with zero attached hydrogens (tertiary/aromatic N) is 3. The van der Waals surface area contributed by atoms with Crippen molar-refractivity contribution in [1.82, 2.24) is 20.4 Å². The van der Waals surface area contributed by atoms with E-state index in [1.165, 1.54) is 9.75 Å². The van der Waals surface area contributed by atoms with Crippen LogP contribution in [0.25, 0.3) is 0 Å². The maximum Gasteiger partial charge on any atom is 0.191 e. The molecule has 2 saturated heterocycles. The van der Waals surface area contributed by atoms with Crippen molar-refractivity contribution in [2.24, 2.45) is 4.99 Å². The lowest BCUT2D eigenvalue weighted by atomic mass is 10.0. The lowest BCUT2D eigenvalue weighted by Crippen LogP contribution is -2.52. The van der Waals surface area contributed by atoms with Gasteiger partial charge in [-0.05, 0) is 39.8 Å². The summed E-state index contributed by atoms with van der Waals surface area (Å²) in [6.07, 6.45) is 0. The van der Waals surface area contributed by atoms with Gasteiger partial charge in [0.15, 0.2) is 5.96 Å². The SMILES string of the molecule is CCNC(=NCC(C)(C)N1CCOCC1)NCC(c1ccc(C)s1)N1CCOCC1.I. The van der Waals surface area contributed by atoms with E-state index in [1.54, 1.807) is 0 Å². The number of thiophene rings is 1. The van der Waals surface area contributed by atoms with E-state index in [0.717, 1.165) is 78.2 Å². The van der Waals surface area contributed by atoms with Gasteiger partial charge in [-0.3, -0.25) is 14.8 Å². The van der Waals surface area contributed by atoms with Crippen LogP contribution in [0.15, 0.2) is 17.1 Å². The molecule has 31 heavy (non-hydrogen) atoms. The highest BCUT2D eigenvalue weighted by Gasteiger charge is 2.28. The number of hydrogen-bond donors (Lipinski definition) is 2. The first kappa shape index (κ1) is 26.8. The fourth-order valence-electron chi connectivity index (χ4n) is 4.01. The van der Waals surface area contributed by atoms with Crippen LogP contribution >= 0.6 is 35.3 Å². The van der Waals surface area contributed by atoms with E-state index < -0.39 is 0 Å². The summed E-state index contributed by atoms with van der Waals surface area (Å²) in [6, 6.07) is 4.83. The number of guanidine groups is 1. The molecule has 0 bridgehead atoms. The van der Waals surface area contributed by atoms with E-state index in [4.69, 9.17) is 14.5 Å². The van der Waals surface area contributed by atoms with E-state index in [2.05, 4.69) is 60.3 Å². The van der Waals surface area contributed by atoms with Gasteiger partial charge in [-0.2, -0.15) is 0 Å². The van der Waals surface area contributed by atoms with Crippen LogP contribution in [0, 0.1) is 6.92 Å². The summed E-state index contributed by atoms with van der Waals surface area (Å²) in [4.78, 5) is 12.7. The number of nitrogens with one attached hydrogen (secondary N) is 2. The van der Waals surface area contributed by atoms with Gasteiger partial charge in [0.2, 0.25) is 0 Å². The third-order valence-electron chi connectivity index (χ3n) is 5.87. The molecule has 0 spiro atoms. The van der Waals surface area contributed by atoms with Crippen LogP contribution in [0.5, 0.6) is 0 Å². The largest absolute Gasteiger partial charge is 0.379 e. The summed E-state index contributed by atoms with van der Waals surface area (Å²) in [6.45, 7) is 18.4. The van der Waals surface area contributed by atoms with Crippen molar-refractivity contribution >= 4 is 41.3 Å². The molecule has 2 fully saturated rings. The van der Waals surface area contributed by atoms with E-state index in [-0.39, 0.29) is 29.5 Å². The molecule has 7 nitrogen and oxygen atoms in total. The summed E-state index contributed by atoms with van der Waals surface area (Å²) < 4.78 is 11.1. The summed E-state index contributed by atoms with van der Waals surface area (Å²) >= 11 is 1.89. The van der Waals surface area contributed by atoms with Crippen molar-refractivity contribution in [2.45, 2.75) is 39.3 Å². The lowest BCUT2D eigenvalue weighted by Gasteiger charge is -2.40. The van der Waals surface area contributed by atoms with Gasteiger partial charge in [0.1, 0.15) is 0 Å². The molecule has 1 atom stereocenters. The van der Waals surface area contributed by atoms with Crippen LogP contribution in [-0.2, 0) is 9.47 Å². The Balaban J connectivity index is 0.00000341. The lowest BCUT2D eigenvalue weighted by molar-refractivity contribution is -0.00684. The van der Waals surface area contributed by atoms with Gasteiger partial charge in [-0.1, -0.05) is 0 Å². The smallest absolute Gasteiger partial charge is 0.191 e. The first-order valence-electron chi connectivity index (χ1n) is 11.2. The molecule has 1 aromatic heterocycles. The number of morpholine rings is 2. The number of rotatable bonds is 8. The number of aryl methyl sites for hydroxylation is 1.